The minimum atomic E-state index is -0.786. The standard InChI is InChI=1S/C63H114O6/c1-4-7-10-13-16-19-22-25-28-29-30-31-32-33-36-38-41-44-47-50-53-56-62(65)68-59-60(69-63(66)57-54-51-48-45-42-39-35-27-24-21-18-15-12-9-6-3)58-67-61(64)55-52-49-46-43-40-37-34-26-23-20-17-14-11-8-5-2/h8,11,17,20,26,34,40,43,60H,4-7,9-10,12-16,18-19,21-25,27-33,35-39,41-42,44-59H2,1-3H3/b11-8-,20-17-,34-26-,43-40-/t60-/m1/s1. The van der Waals surface area contributed by atoms with E-state index in [1.165, 1.54) is 193 Å². The van der Waals surface area contributed by atoms with Gasteiger partial charge in [0.05, 0.1) is 0 Å². The summed E-state index contributed by atoms with van der Waals surface area (Å²) in [7, 11) is 0. The van der Waals surface area contributed by atoms with Crippen molar-refractivity contribution in [3.8, 4) is 0 Å². The Hall–Kier alpha value is -2.63. The average molecular weight is 968 g/mol. The highest BCUT2D eigenvalue weighted by atomic mass is 16.6. The van der Waals surface area contributed by atoms with E-state index in [1.54, 1.807) is 0 Å². The van der Waals surface area contributed by atoms with Gasteiger partial charge in [-0.1, -0.05) is 288 Å². The van der Waals surface area contributed by atoms with Crippen molar-refractivity contribution < 1.29 is 28.6 Å². The van der Waals surface area contributed by atoms with Crippen LogP contribution in [0.4, 0.5) is 0 Å². The molecule has 0 aromatic carbocycles. The molecule has 0 aliphatic carbocycles. The van der Waals surface area contributed by atoms with Crippen molar-refractivity contribution in [2.45, 2.75) is 322 Å². The van der Waals surface area contributed by atoms with Gasteiger partial charge in [-0.25, -0.2) is 0 Å². The van der Waals surface area contributed by atoms with Gasteiger partial charge in [-0.05, 0) is 57.8 Å². The molecule has 0 bridgehead atoms. The minimum absolute atomic E-state index is 0.0816. The normalized spacial score (nSPS) is 12.3. The van der Waals surface area contributed by atoms with E-state index in [9.17, 15) is 14.4 Å². The van der Waals surface area contributed by atoms with Crippen LogP contribution in [0.3, 0.4) is 0 Å². The third-order valence-corrected chi connectivity index (χ3v) is 13.3. The zero-order valence-corrected chi connectivity index (χ0v) is 46.1. The van der Waals surface area contributed by atoms with E-state index in [0.717, 1.165) is 83.5 Å². The van der Waals surface area contributed by atoms with Crippen LogP contribution in [-0.2, 0) is 28.6 Å². The number of carbonyl (C=O) groups excluding carboxylic acids is 3. The summed E-state index contributed by atoms with van der Waals surface area (Å²) in [6, 6.07) is 0. The molecule has 0 fully saturated rings. The van der Waals surface area contributed by atoms with E-state index in [4.69, 9.17) is 14.2 Å². The van der Waals surface area contributed by atoms with Crippen molar-refractivity contribution in [3.05, 3.63) is 48.6 Å². The number of unbranched alkanes of at least 4 members (excludes halogenated alkanes) is 36. The molecule has 402 valence electrons. The molecule has 0 heterocycles. The zero-order valence-electron chi connectivity index (χ0n) is 46.1. The molecule has 0 spiro atoms. The smallest absolute Gasteiger partial charge is 0.306 e. The summed E-state index contributed by atoms with van der Waals surface area (Å²) < 4.78 is 16.9. The van der Waals surface area contributed by atoms with Gasteiger partial charge in [0.1, 0.15) is 13.2 Å². The largest absolute Gasteiger partial charge is 0.462 e. The lowest BCUT2D eigenvalue weighted by molar-refractivity contribution is -0.167. The zero-order chi connectivity index (χ0) is 50.0. The lowest BCUT2D eigenvalue weighted by Crippen LogP contribution is -2.30. The number of carbonyl (C=O) groups is 3. The van der Waals surface area contributed by atoms with Gasteiger partial charge in [-0.15, -0.1) is 0 Å². The summed E-state index contributed by atoms with van der Waals surface area (Å²) >= 11 is 0. The van der Waals surface area contributed by atoms with Crippen molar-refractivity contribution in [3.63, 3.8) is 0 Å². The molecule has 0 saturated carbocycles. The summed E-state index contributed by atoms with van der Waals surface area (Å²) in [5, 5.41) is 0. The maximum Gasteiger partial charge on any atom is 0.306 e. The van der Waals surface area contributed by atoms with E-state index >= 15 is 0 Å². The van der Waals surface area contributed by atoms with Crippen LogP contribution in [0.15, 0.2) is 48.6 Å². The first kappa shape index (κ1) is 66.4. The predicted molar refractivity (Wildman–Crippen MR) is 298 cm³/mol. The van der Waals surface area contributed by atoms with E-state index in [2.05, 4.69) is 69.4 Å². The van der Waals surface area contributed by atoms with Crippen molar-refractivity contribution in [1.29, 1.82) is 0 Å². The molecule has 0 amide bonds. The first-order chi connectivity index (χ1) is 34.0. The molecule has 0 rings (SSSR count). The topological polar surface area (TPSA) is 78.9 Å². The maximum atomic E-state index is 12.9. The molecule has 6 heteroatoms. The Morgan fingerprint density at radius 2 is 0.565 bits per heavy atom. The summed E-state index contributed by atoms with van der Waals surface area (Å²) in [5.74, 6) is -0.906. The molecule has 0 aromatic heterocycles. The summed E-state index contributed by atoms with van der Waals surface area (Å²) in [6.45, 7) is 6.54. The molecular formula is C63H114O6. The highest BCUT2D eigenvalue weighted by molar-refractivity contribution is 5.71. The number of hydrogen-bond acceptors (Lipinski definition) is 6. The third kappa shape index (κ3) is 56.2. The second kappa shape index (κ2) is 57.9. The number of ether oxygens (including phenoxy) is 3. The van der Waals surface area contributed by atoms with Crippen LogP contribution in [0.1, 0.15) is 316 Å². The molecule has 6 nitrogen and oxygen atoms in total. The Balaban J connectivity index is 4.33. The highest BCUT2D eigenvalue weighted by Gasteiger charge is 2.19. The Kier molecular flexibility index (Phi) is 55.7. The fourth-order valence-corrected chi connectivity index (χ4v) is 8.85. The molecule has 69 heavy (non-hydrogen) atoms. The van der Waals surface area contributed by atoms with Crippen molar-refractivity contribution in [2.75, 3.05) is 13.2 Å². The summed E-state index contributed by atoms with van der Waals surface area (Å²) in [6.07, 6.45) is 71.2. The van der Waals surface area contributed by atoms with Gasteiger partial charge in [0.15, 0.2) is 6.10 Å². The number of esters is 3. The molecule has 0 unspecified atom stereocenters. The number of allylic oxidation sites excluding steroid dienone is 8. The van der Waals surface area contributed by atoms with E-state index in [0.29, 0.717) is 19.3 Å². The second-order valence-corrected chi connectivity index (χ2v) is 20.2. The van der Waals surface area contributed by atoms with Gasteiger partial charge in [-0.3, -0.25) is 14.4 Å². The molecule has 0 N–H and O–H groups in total. The molecule has 0 aromatic rings. The lowest BCUT2D eigenvalue weighted by atomic mass is 10.0. The molecule has 0 aliphatic heterocycles. The summed E-state index contributed by atoms with van der Waals surface area (Å²) in [4.78, 5) is 38.2. The summed E-state index contributed by atoms with van der Waals surface area (Å²) in [5.41, 5.74) is 0. The van der Waals surface area contributed by atoms with Crippen molar-refractivity contribution >= 4 is 17.9 Å². The fourth-order valence-electron chi connectivity index (χ4n) is 8.85. The van der Waals surface area contributed by atoms with Gasteiger partial charge >= 0.3 is 17.9 Å². The highest BCUT2D eigenvalue weighted by Crippen LogP contribution is 2.17. The van der Waals surface area contributed by atoms with Gasteiger partial charge < -0.3 is 14.2 Å². The lowest BCUT2D eigenvalue weighted by Gasteiger charge is -2.18. The van der Waals surface area contributed by atoms with E-state index in [-0.39, 0.29) is 31.1 Å². The van der Waals surface area contributed by atoms with Crippen LogP contribution in [0.25, 0.3) is 0 Å². The van der Waals surface area contributed by atoms with Crippen LogP contribution >= 0.6 is 0 Å². The van der Waals surface area contributed by atoms with Crippen LogP contribution in [0.2, 0.25) is 0 Å². The Morgan fingerprint density at radius 3 is 0.884 bits per heavy atom. The van der Waals surface area contributed by atoms with Gasteiger partial charge in [0.2, 0.25) is 0 Å². The van der Waals surface area contributed by atoms with Crippen LogP contribution < -0.4 is 0 Å². The Labute approximate surface area is 428 Å². The van der Waals surface area contributed by atoms with Crippen LogP contribution in [-0.4, -0.2) is 37.2 Å². The molecule has 0 aliphatic rings. The maximum absolute atomic E-state index is 12.9. The molecule has 1 atom stereocenters. The predicted octanol–water partition coefficient (Wildman–Crippen LogP) is 20.2. The Morgan fingerprint density at radius 1 is 0.304 bits per heavy atom. The monoisotopic (exact) mass is 967 g/mol. The SMILES string of the molecule is CC/C=C\C/C=C\C/C=C\C/C=C\CCCCC(=O)OC[C@H](COC(=O)CCCCCCCCCCCCCCCCCCCCCCC)OC(=O)CCCCCCCCCCCCCCCCC. The van der Waals surface area contributed by atoms with Gasteiger partial charge in [-0.2, -0.15) is 0 Å². The van der Waals surface area contributed by atoms with Crippen molar-refractivity contribution in [2.24, 2.45) is 0 Å². The average Bonchev–Trinajstić information content (AvgIpc) is 3.35. The van der Waals surface area contributed by atoms with Gasteiger partial charge in [0, 0.05) is 19.3 Å². The quantitative estimate of drug-likeness (QED) is 0.0262. The van der Waals surface area contributed by atoms with Crippen molar-refractivity contribution in [1.82, 2.24) is 0 Å². The molecule has 0 radical (unpaired) electrons. The number of rotatable bonds is 55. The van der Waals surface area contributed by atoms with E-state index < -0.39 is 6.10 Å². The minimum Gasteiger partial charge on any atom is -0.462 e. The second-order valence-electron chi connectivity index (χ2n) is 20.2. The molecular weight excluding hydrogens is 853 g/mol. The van der Waals surface area contributed by atoms with Gasteiger partial charge in [0.25, 0.3) is 0 Å². The van der Waals surface area contributed by atoms with E-state index in [1.807, 2.05) is 0 Å². The van der Waals surface area contributed by atoms with Crippen LogP contribution in [0, 0.1) is 0 Å². The first-order valence-corrected chi connectivity index (χ1v) is 30.1. The first-order valence-electron chi connectivity index (χ1n) is 30.1. The third-order valence-electron chi connectivity index (χ3n) is 13.3. The fraction of sp³-hybridized carbons (Fsp3) is 0.825. The number of hydrogen-bond donors (Lipinski definition) is 0. The molecule has 0 saturated heterocycles. The van der Waals surface area contributed by atoms with Crippen LogP contribution in [0.5, 0.6) is 0 Å². The Bertz CT molecular complexity index is 1200.